The number of para-hydroxylation sites is 1. The van der Waals surface area contributed by atoms with Gasteiger partial charge in [-0.3, -0.25) is 0 Å². The highest BCUT2D eigenvalue weighted by Crippen LogP contribution is 2.46. The summed E-state index contributed by atoms with van der Waals surface area (Å²) >= 11 is 0. The number of benzene rings is 8. The van der Waals surface area contributed by atoms with Crippen LogP contribution >= 0.6 is 0 Å². The SMILES string of the molecule is c1ccc(-c2ccc3c(c2)c2ccccc2n3-c2cccc3c2Cc2c(-c4cccc(-c5nc(-c6ccccc6)nc(-c6ccccc6)n5)c4)cccc2-3)cc1. The van der Waals surface area contributed by atoms with Gasteiger partial charge >= 0.3 is 0 Å². The van der Waals surface area contributed by atoms with Crippen molar-refractivity contribution >= 4 is 21.8 Å². The van der Waals surface area contributed by atoms with Crippen LogP contribution in [0.25, 0.3) is 95.0 Å². The molecular weight excluding hydrogens is 681 g/mol. The molecule has 8 aromatic carbocycles. The van der Waals surface area contributed by atoms with E-state index in [-0.39, 0.29) is 0 Å². The zero-order valence-corrected chi connectivity index (χ0v) is 30.5. The Kier molecular flexibility index (Phi) is 7.52. The lowest BCUT2D eigenvalue weighted by atomic mass is 9.94. The summed E-state index contributed by atoms with van der Waals surface area (Å²) in [5.41, 5.74) is 16.6. The van der Waals surface area contributed by atoms with E-state index in [9.17, 15) is 0 Å². The molecule has 0 N–H and O–H groups in total. The lowest BCUT2D eigenvalue weighted by Crippen LogP contribution is -2.00. The number of hydrogen-bond acceptors (Lipinski definition) is 3. The summed E-state index contributed by atoms with van der Waals surface area (Å²) in [6.45, 7) is 0. The maximum atomic E-state index is 5.03. The minimum absolute atomic E-state index is 0.652. The highest BCUT2D eigenvalue weighted by atomic mass is 15.0. The number of aromatic nitrogens is 4. The maximum Gasteiger partial charge on any atom is 0.164 e. The zero-order chi connectivity index (χ0) is 37.0. The van der Waals surface area contributed by atoms with Gasteiger partial charge in [0.1, 0.15) is 0 Å². The van der Waals surface area contributed by atoms with Crippen LogP contribution in [-0.4, -0.2) is 19.5 Å². The fourth-order valence-corrected chi connectivity index (χ4v) is 8.51. The second-order valence-corrected chi connectivity index (χ2v) is 14.4. The third-order valence-electron chi connectivity index (χ3n) is 11.1. The molecule has 0 radical (unpaired) electrons. The van der Waals surface area contributed by atoms with E-state index in [1.165, 1.54) is 66.4 Å². The second kappa shape index (κ2) is 13.2. The van der Waals surface area contributed by atoms with Gasteiger partial charge in [-0.1, -0.05) is 164 Å². The van der Waals surface area contributed by atoms with Crippen LogP contribution in [0.5, 0.6) is 0 Å². The summed E-state index contributed by atoms with van der Waals surface area (Å²) in [7, 11) is 0. The van der Waals surface area contributed by atoms with Crippen LogP contribution in [0.4, 0.5) is 0 Å². The normalized spacial score (nSPS) is 11.9. The monoisotopic (exact) mass is 714 g/mol. The van der Waals surface area contributed by atoms with Gasteiger partial charge in [-0.2, -0.15) is 0 Å². The fourth-order valence-electron chi connectivity index (χ4n) is 8.51. The van der Waals surface area contributed by atoms with E-state index in [1.807, 2.05) is 60.7 Å². The van der Waals surface area contributed by atoms with Gasteiger partial charge < -0.3 is 4.57 Å². The Morgan fingerprint density at radius 1 is 0.321 bits per heavy atom. The molecule has 0 atom stereocenters. The first-order chi connectivity index (χ1) is 27.8. The number of hydrogen-bond donors (Lipinski definition) is 0. The number of rotatable bonds is 6. The van der Waals surface area contributed by atoms with Crippen molar-refractivity contribution in [3.63, 3.8) is 0 Å². The minimum atomic E-state index is 0.652. The van der Waals surface area contributed by atoms with E-state index in [4.69, 9.17) is 15.0 Å². The van der Waals surface area contributed by atoms with Gasteiger partial charge in [0.05, 0.1) is 16.7 Å². The van der Waals surface area contributed by atoms with Gasteiger partial charge in [0, 0.05) is 33.9 Å². The largest absolute Gasteiger partial charge is 0.309 e. The second-order valence-electron chi connectivity index (χ2n) is 14.4. The van der Waals surface area contributed by atoms with Crippen LogP contribution in [-0.2, 0) is 6.42 Å². The van der Waals surface area contributed by atoms with Crippen molar-refractivity contribution in [1.82, 2.24) is 19.5 Å². The first kappa shape index (κ1) is 32.0. The molecule has 0 saturated carbocycles. The molecule has 0 bridgehead atoms. The third-order valence-corrected chi connectivity index (χ3v) is 11.1. The Morgan fingerprint density at radius 2 is 0.839 bits per heavy atom. The molecular formula is C52H34N4. The molecule has 2 aromatic heterocycles. The first-order valence-electron chi connectivity index (χ1n) is 19.1. The average molecular weight is 715 g/mol. The predicted molar refractivity (Wildman–Crippen MR) is 230 cm³/mol. The molecule has 0 amide bonds. The summed E-state index contributed by atoms with van der Waals surface area (Å²) in [6, 6.07) is 68.8. The quantitative estimate of drug-likeness (QED) is 0.172. The van der Waals surface area contributed by atoms with E-state index in [1.54, 1.807) is 0 Å². The Labute approximate surface area is 325 Å². The number of nitrogens with zero attached hydrogens (tertiary/aromatic N) is 4. The van der Waals surface area contributed by atoms with Gasteiger partial charge in [-0.05, 0) is 74.8 Å². The molecule has 56 heavy (non-hydrogen) atoms. The van der Waals surface area contributed by atoms with E-state index in [2.05, 4.69) is 138 Å². The van der Waals surface area contributed by atoms with Crippen molar-refractivity contribution in [1.29, 1.82) is 0 Å². The first-order valence-corrected chi connectivity index (χ1v) is 19.1. The van der Waals surface area contributed by atoms with E-state index >= 15 is 0 Å². The van der Waals surface area contributed by atoms with Crippen LogP contribution in [0.3, 0.4) is 0 Å². The van der Waals surface area contributed by atoms with Gasteiger partial charge in [-0.15, -0.1) is 0 Å². The van der Waals surface area contributed by atoms with E-state index < -0.39 is 0 Å². The summed E-state index contributed by atoms with van der Waals surface area (Å²) in [5, 5.41) is 2.52. The van der Waals surface area contributed by atoms with Crippen molar-refractivity contribution < 1.29 is 0 Å². The van der Waals surface area contributed by atoms with Crippen molar-refractivity contribution in [3.8, 4) is 73.2 Å². The van der Waals surface area contributed by atoms with Gasteiger partial charge in [-0.25, -0.2) is 15.0 Å². The minimum Gasteiger partial charge on any atom is -0.309 e. The van der Waals surface area contributed by atoms with Crippen molar-refractivity contribution in [2.75, 3.05) is 0 Å². The summed E-state index contributed by atoms with van der Waals surface area (Å²) < 4.78 is 2.47. The molecule has 0 unspecified atom stereocenters. The molecule has 0 fully saturated rings. The Balaban J connectivity index is 1.02. The Bertz CT molecular complexity index is 3040. The van der Waals surface area contributed by atoms with Crippen LogP contribution in [0.15, 0.2) is 194 Å². The summed E-state index contributed by atoms with van der Waals surface area (Å²) in [6.07, 6.45) is 0.833. The van der Waals surface area contributed by atoms with Gasteiger partial charge in [0.2, 0.25) is 0 Å². The van der Waals surface area contributed by atoms with Crippen molar-refractivity contribution in [3.05, 3.63) is 205 Å². The Hall–Kier alpha value is -7.43. The molecule has 11 rings (SSSR count). The lowest BCUT2D eigenvalue weighted by molar-refractivity contribution is 1.07. The number of fused-ring (bicyclic) bond motifs is 6. The molecule has 10 aromatic rings. The molecule has 4 heteroatoms. The highest BCUT2D eigenvalue weighted by Gasteiger charge is 2.26. The summed E-state index contributed by atoms with van der Waals surface area (Å²) in [4.78, 5) is 15.0. The van der Waals surface area contributed by atoms with Crippen molar-refractivity contribution in [2.24, 2.45) is 0 Å². The fraction of sp³-hybridized carbons (Fsp3) is 0.0192. The molecule has 1 aliphatic carbocycles. The summed E-state index contributed by atoms with van der Waals surface area (Å²) in [5.74, 6) is 1.97. The predicted octanol–water partition coefficient (Wildman–Crippen LogP) is 12.9. The molecule has 2 heterocycles. The van der Waals surface area contributed by atoms with E-state index in [0.29, 0.717) is 17.5 Å². The van der Waals surface area contributed by atoms with Gasteiger partial charge in [0.15, 0.2) is 17.5 Å². The van der Waals surface area contributed by atoms with Crippen LogP contribution in [0.1, 0.15) is 11.1 Å². The topological polar surface area (TPSA) is 43.6 Å². The molecule has 1 aliphatic rings. The van der Waals surface area contributed by atoms with Gasteiger partial charge in [0.25, 0.3) is 0 Å². The van der Waals surface area contributed by atoms with Crippen LogP contribution < -0.4 is 0 Å². The molecule has 4 nitrogen and oxygen atoms in total. The van der Waals surface area contributed by atoms with Crippen molar-refractivity contribution in [2.45, 2.75) is 6.42 Å². The Morgan fingerprint density at radius 3 is 1.55 bits per heavy atom. The highest BCUT2D eigenvalue weighted by molar-refractivity contribution is 6.11. The standard InChI is InChI=1S/C52H34N4/c1-4-15-34(16-5-1)37-29-30-49-45(32-37)43-23-10-11-27-47(43)56(49)48-28-14-26-42-41-25-13-24-40(44(41)33-46(42)48)38-21-12-22-39(31-38)52-54-50(35-17-6-2-7-18-35)53-51(55-52)36-19-8-3-9-20-36/h1-32H,33H2. The molecule has 262 valence electrons. The van der Waals surface area contributed by atoms with E-state index in [0.717, 1.165) is 28.7 Å². The molecule has 0 aliphatic heterocycles. The smallest absolute Gasteiger partial charge is 0.164 e. The molecule has 0 spiro atoms. The van der Waals surface area contributed by atoms with Crippen LogP contribution in [0.2, 0.25) is 0 Å². The lowest BCUT2D eigenvalue weighted by Gasteiger charge is -2.13. The molecule has 0 saturated heterocycles. The zero-order valence-electron chi connectivity index (χ0n) is 30.5. The maximum absolute atomic E-state index is 5.03. The average Bonchev–Trinajstić information content (AvgIpc) is 3.83. The third kappa shape index (κ3) is 5.34. The van der Waals surface area contributed by atoms with Crippen LogP contribution in [0, 0.1) is 0 Å².